The van der Waals surface area contributed by atoms with Gasteiger partial charge < -0.3 is 5.32 Å². The molecular weight excluding hydrogens is 216 g/mol. The summed E-state index contributed by atoms with van der Waals surface area (Å²) in [7, 11) is 0. The molecule has 0 aliphatic heterocycles. The van der Waals surface area contributed by atoms with Crippen molar-refractivity contribution in [2.24, 2.45) is 5.92 Å². The van der Waals surface area contributed by atoms with Crippen LogP contribution >= 0.6 is 0 Å². The zero-order chi connectivity index (χ0) is 12.3. The van der Waals surface area contributed by atoms with Crippen molar-refractivity contribution in [2.75, 3.05) is 5.32 Å². The predicted molar refractivity (Wildman–Crippen MR) is 64.8 cm³/mol. The minimum atomic E-state index is -0.0409. The summed E-state index contributed by atoms with van der Waals surface area (Å²) in [5, 5.41) is 6.85. The van der Waals surface area contributed by atoms with E-state index in [4.69, 9.17) is 0 Å². The first-order chi connectivity index (χ1) is 8.16. The van der Waals surface area contributed by atoms with Gasteiger partial charge in [-0.25, -0.2) is 9.67 Å². The number of amides is 1. The van der Waals surface area contributed by atoms with E-state index < -0.39 is 0 Å². The molecular formula is C12H14N4O. The van der Waals surface area contributed by atoms with Gasteiger partial charge in [-0.15, -0.1) is 0 Å². The summed E-state index contributed by atoms with van der Waals surface area (Å²) < 4.78 is 1.66. The second kappa shape index (κ2) is 4.78. The Morgan fingerprint density at radius 2 is 2.24 bits per heavy atom. The van der Waals surface area contributed by atoms with Crippen molar-refractivity contribution < 1.29 is 4.79 Å². The summed E-state index contributed by atoms with van der Waals surface area (Å²) in [6, 6.07) is 5.45. The summed E-state index contributed by atoms with van der Waals surface area (Å²) >= 11 is 0. The molecule has 5 nitrogen and oxygen atoms in total. The highest BCUT2D eigenvalue weighted by Gasteiger charge is 2.07. The molecule has 0 radical (unpaired) electrons. The van der Waals surface area contributed by atoms with Crippen LogP contribution in [-0.4, -0.2) is 20.7 Å². The van der Waals surface area contributed by atoms with Crippen molar-refractivity contribution in [3.63, 3.8) is 0 Å². The van der Waals surface area contributed by atoms with E-state index >= 15 is 0 Å². The average molecular weight is 230 g/mol. The van der Waals surface area contributed by atoms with E-state index in [-0.39, 0.29) is 11.8 Å². The molecule has 2 aromatic rings. The van der Waals surface area contributed by atoms with Gasteiger partial charge in [-0.05, 0) is 18.2 Å². The number of hydrogen-bond donors (Lipinski definition) is 1. The van der Waals surface area contributed by atoms with Crippen LogP contribution in [0.4, 0.5) is 5.69 Å². The molecule has 0 spiro atoms. The van der Waals surface area contributed by atoms with Crippen LogP contribution in [0.25, 0.3) is 5.82 Å². The van der Waals surface area contributed by atoms with Crippen molar-refractivity contribution in [3.05, 3.63) is 36.8 Å². The number of pyridine rings is 1. The van der Waals surface area contributed by atoms with E-state index in [1.54, 1.807) is 17.1 Å². The van der Waals surface area contributed by atoms with Crippen LogP contribution in [0, 0.1) is 5.92 Å². The molecule has 0 bridgehead atoms. The van der Waals surface area contributed by atoms with Crippen LogP contribution < -0.4 is 5.32 Å². The third kappa shape index (κ3) is 2.69. The van der Waals surface area contributed by atoms with Gasteiger partial charge in [0.2, 0.25) is 5.91 Å². The number of aromatic nitrogens is 3. The molecule has 0 fully saturated rings. The third-order valence-corrected chi connectivity index (χ3v) is 2.28. The average Bonchev–Trinajstić information content (AvgIpc) is 2.83. The van der Waals surface area contributed by atoms with Gasteiger partial charge in [0, 0.05) is 18.3 Å². The Labute approximate surface area is 99.5 Å². The lowest BCUT2D eigenvalue weighted by atomic mass is 10.2. The predicted octanol–water partition coefficient (Wildman–Crippen LogP) is 1.86. The van der Waals surface area contributed by atoms with Crippen LogP contribution in [0.5, 0.6) is 0 Å². The highest BCUT2D eigenvalue weighted by atomic mass is 16.1. The van der Waals surface area contributed by atoms with Gasteiger partial charge in [0.25, 0.3) is 0 Å². The molecule has 0 aromatic carbocycles. The maximum absolute atomic E-state index is 11.5. The number of carbonyl (C=O) groups is 1. The van der Waals surface area contributed by atoms with Crippen molar-refractivity contribution in [3.8, 4) is 5.82 Å². The SMILES string of the molecule is CC(C)C(=O)Nc1ccc(-n2cccn2)nc1. The summed E-state index contributed by atoms with van der Waals surface area (Å²) in [5.41, 5.74) is 0.694. The van der Waals surface area contributed by atoms with Gasteiger partial charge in [-0.2, -0.15) is 5.10 Å². The lowest BCUT2D eigenvalue weighted by Gasteiger charge is -2.07. The van der Waals surface area contributed by atoms with Gasteiger partial charge >= 0.3 is 0 Å². The maximum atomic E-state index is 11.5. The van der Waals surface area contributed by atoms with E-state index in [2.05, 4.69) is 15.4 Å². The molecule has 17 heavy (non-hydrogen) atoms. The summed E-state index contributed by atoms with van der Waals surface area (Å²) in [4.78, 5) is 15.7. The molecule has 2 rings (SSSR count). The fourth-order valence-corrected chi connectivity index (χ4v) is 1.29. The van der Waals surface area contributed by atoms with Crippen LogP contribution in [0.3, 0.4) is 0 Å². The molecule has 0 aliphatic rings. The first kappa shape index (κ1) is 11.3. The maximum Gasteiger partial charge on any atom is 0.226 e. The molecule has 0 saturated carbocycles. The van der Waals surface area contributed by atoms with Gasteiger partial charge in [-0.3, -0.25) is 4.79 Å². The second-order valence-corrected chi connectivity index (χ2v) is 4.00. The Morgan fingerprint density at radius 1 is 1.41 bits per heavy atom. The number of anilines is 1. The van der Waals surface area contributed by atoms with Crippen molar-refractivity contribution >= 4 is 11.6 Å². The van der Waals surface area contributed by atoms with Gasteiger partial charge in [0.05, 0.1) is 11.9 Å². The highest BCUT2D eigenvalue weighted by molar-refractivity contribution is 5.91. The van der Waals surface area contributed by atoms with Crippen molar-refractivity contribution in [1.82, 2.24) is 14.8 Å². The number of nitrogens with zero attached hydrogens (tertiary/aromatic N) is 3. The zero-order valence-corrected chi connectivity index (χ0v) is 9.79. The normalized spacial score (nSPS) is 10.5. The van der Waals surface area contributed by atoms with Gasteiger partial charge in [0.15, 0.2) is 5.82 Å². The number of nitrogens with one attached hydrogen (secondary N) is 1. The molecule has 1 amide bonds. The third-order valence-electron chi connectivity index (χ3n) is 2.28. The Balaban J connectivity index is 2.11. The van der Waals surface area contributed by atoms with Crippen LogP contribution in [-0.2, 0) is 4.79 Å². The summed E-state index contributed by atoms with van der Waals surface area (Å²) in [5.74, 6) is 0.664. The van der Waals surface area contributed by atoms with Gasteiger partial charge in [-0.1, -0.05) is 13.8 Å². The molecule has 0 atom stereocenters. The monoisotopic (exact) mass is 230 g/mol. The van der Waals surface area contributed by atoms with E-state index in [1.165, 1.54) is 0 Å². The second-order valence-electron chi connectivity index (χ2n) is 4.00. The first-order valence-electron chi connectivity index (χ1n) is 5.44. The zero-order valence-electron chi connectivity index (χ0n) is 9.79. The standard InChI is InChI=1S/C12H14N4O/c1-9(2)12(17)15-10-4-5-11(13-8-10)16-7-3-6-14-16/h3-9H,1-2H3,(H,15,17). The summed E-state index contributed by atoms with van der Waals surface area (Å²) in [6.45, 7) is 3.70. The smallest absolute Gasteiger partial charge is 0.226 e. The molecule has 0 saturated heterocycles. The minimum Gasteiger partial charge on any atom is -0.325 e. The molecule has 5 heteroatoms. The largest absolute Gasteiger partial charge is 0.325 e. The molecule has 0 aliphatic carbocycles. The van der Waals surface area contributed by atoms with E-state index in [0.29, 0.717) is 5.69 Å². The molecule has 2 heterocycles. The lowest BCUT2D eigenvalue weighted by molar-refractivity contribution is -0.118. The summed E-state index contributed by atoms with van der Waals surface area (Å²) in [6.07, 6.45) is 5.13. The minimum absolute atomic E-state index is 0.0151. The van der Waals surface area contributed by atoms with E-state index in [9.17, 15) is 4.79 Å². The number of carbonyl (C=O) groups excluding carboxylic acids is 1. The first-order valence-corrected chi connectivity index (χ1v) is 5.44. The van der Waals surface area contributed by atoms with Crippen molar-refractivity contribution in [1.29, 1.82) is 0 Å². The molecule has 88 valence electrons. The van der Waals surface area contributed by atoms with Gasteiger partial charge in [0.1, 0.15) is 0 Å². The number of hydrogen-bond acceptors (Lipinski definition) is 3. The van der Waals surface area contributed by atoms with Crippen LogP contribution in [0.1, 0.15) is 13.8 Å². The Bertz CT molecular complexity index is 488. The number of rotatable bonds is 3. The quantitative estimate of drug-likeness (QED) is 0.875. The Kier molecular flexibility index (Phi) is 3.18. The highest BCUT2D eigenvalue weighted by Crippen LogP contribution is 2.10. The molecule has 2 aromatic heterocycles. The Hall–Kier alpha value is -2.17. The fraction of sp³-hybridized carbons (Fsp3) is 0.250. The molecule has 1 N–H and O–H groups in total. The van der Waals surface area contributed by atoms with Crippen LogP contribution in [0.15, 0.2) is 36.8 Å². The topological polar surface area (TPSA) is 59.8 Å². The van der Waals surface area contributed by atoms with E-state index in [0.717, 1.165) is 5.82 Å². The Morgan fingerprint density at radius 3 is 2.76 bits per heavy atom. The van der Waals surface area contributed by atoms with Crippen molar-refractivity contribution in [2.45, 2.75) is 13.8 Å². The van der Waals surface area contributed by atoms with E-state index in [1.807, 2.05) is 38.2 Å². The molecule has 0 unspecified atom stereocenters. The fourth-order valence-electron chi connectivity index (χ4n) is 1.29. The van der Waals surface area contributed by atoms with Crippen LogP contribution in [0.2, 0.25) is 0 Å². The lowest BCUT2D eigenvalue weighted by Crippen LogP contribution is -2.17.